The molecule has 2 aromatic rings. The third-order valence-corrected chi connectivity index (χ3v) is 4.43. The fourth-order valence-electron chi connectivity index (χ4n) is 2.81. The quantitative estimate of drug-likeness (QED) is 0.690. The number of nitrogens with one attached hydrogen (secondary N) is 1. The van der Waals surface area contributed by atoms with Gasteiger partial charge in [0.1, 0.15) is 0 Å². The van der Waals surface area contributed by atoms with Gasteiger partial charge < -0.3 is 5.32 Å². The molecule has 0 saturated carbocycles. The maximum atomic E-state index is 3.74. The Kier molecular flexibility index (Phi) is 5.45. The minimum Gasteiger partial charge on any atom is -0.310 e. The zero-order valence-corrected chi connectivity index (χ0v) is 15.1. The van der Waals surface area contributed by atoms with Gasteiger partial charge in [-0.2, -0.15) is 0 Å². The van der Waals surface area contributed by atoms with Crippen LogP contribution in [0.4, 0.5) is 0 Å². The summed E-state index contributed by atoms with van der Waals surface area (Å²) in [6, 6.07) is 13.5. The summed E-state index contributed by atoms with van der Waals surface area (Å²) in [6.07, 6.45) is 2.30. The lowest BCUT2D eigenvalue weighted by atomic mass is 9.84. The van der Waals surface area contributed by atoms with Crippen LogP contribution >= 0.6 is 15.9 Å². The summed E-state index contributed by atoms with van der Waals surface area (Å²) in [5, 5.41) is 6.39. The topological polar surface area (TPSA) is 12.0 Å². The predicted octanol–water partition coefficient (Wildman–Crippen LogP) is 6.08. The second kappa shape index (κ2) is 6.93. The maximum Gasteiger partial charge on any atom is 0.0331 e. The normalized spacial score (nSPS) is 13.6. The van der Waals surface area contributed by atoms with Gasteiger partial charge in [-0.1, -0.05) is 74.0 Å². The third-order valence-electron chi connectivity index (χ3n) is 3.74. The highest BCUT2D eigenvalue weighted by atomic mass is 79.9. The van der Waals surface area contributed by atoms with Crippen LogP contribution < -0.4 is 5.32 Å². The summed E-state index contributed by atoms with van der Waals surface area (Å²) in [6.45, 7) is 10.2. The molecule has 0 fully saturated rings. The number of hydrogen-bond acceptors (Lipinski definition) is 1. The number of hydrogen-bond donors (Lipinski definition) is 1. The van der Waals surface area contributed by atoms with E-state index in [1.54, 1.807) is 0 Å². The van der Waals surface area contributed by atoms with E-state index < -0.39 is 0 Å². The van der Waals surface area contributed by atoms with E-state index in [0.717, 1.165) is 19.4 Å². The molecule has 0 bridgehead atoms. The van der Waals surface area contributed by atoms with Crippen LogP contribution in [0.2, 0.25) is 0 Å². The Morgan fingerprint density at radius 2 is 1.71 bits per heavy atom. The number of halogens is 1. The van der Waals surface area contributed by atoms with Crippen LogP contribution in [0.25, 0.3) is 10.8 Å². The molecule has 0 amide bonds. The van der Waals surface area contributed by atoms with E-state index in [1.165, 1.54) is 20.8 Å². The Labute approximate surface area is 137 Å². The molecule has 21 heavy (non-hydrogen) atoms. The first-order chi connectivity index (χ1) is 9.92. The Hall–Kier alpha value is -0.860. The summed E-state index contributed by atoms with van der Waals surface area (Å²) in [7, 11) is 0. The molecule has 0 spiro atoms. The SMILES string of the molecule is CCCNC(CC(C)(C)C)c1ccc(Br)c2ccccc12. The molecule has 114 valence electrons. The standard InChI is InChI=1S/C19H26BrN/c1-5-12-21-18(13-19(2,3)4)16-10-11-17(20)15-9-7-6-8-14(15)16/h6-11,18,21H,5,12-13H2,1-4H3. The number of rotatable bonds is 5. The van der Waals surface area contributed by atoms with Gasteiger partial charge >= 0.3 is 0 Å². The average molecular weight is 348 g/mol. The predicted molar refractivity (Wildman–Crippen MR) is 96.8 cm³/mol. The largest absolute Gasteiger partial charge is 0.310 e. The second-order valence-electron chi connectivity index (χ2n) is 6.95. The molecular formula is C19H26BrN. The van der Waals surface area contributed by atoms with Gasteiger partial charge in [-0.05, 0) is 47.2 Å². The van der Waals surface area contributed by atoms with Crippen LogP contribution in [-0.4, -0.2) is 6.54 Å². The molecule has 1 N–H and O–H groups in total. The second-order valence-corrected chi connectivity index (χ2v) is 7.81. The van der Waals surface area contributed by atoms with Gasteiger partial charge in [0.2, 0.25) is 0 Å². The van der Waals surface area contributed by atoms with Gasteiger partial charge in [0, 0.05) is 10.5 Å². The Balaban J connectivity index is 2.46. The van der Waals surface area contributed by atoms with Crippen molar-refractivity contribution in [3.63, 3.8) is 0 Å². The molecule has 0 radical (unpaired) electrons. The fraction of sp³-hybridized carbons (Fsp3) is 0.474. The molecule has 0 saturated heterocycles. The smallest absolute Gasteiger partial charge is 0.0331 e. The third kappa shape index (κ3) is 4.31. The molecule has 0 aliphatic rings. The Morgan fingerprint density at radius 3 is 2.33 bits per heavy atom. The van der Waals surface area contributed by atoms with Gasteiger partial charge in [0.15, 0.2) is 0 Å². The zero-order valence-electron chi connectivity index (χ0n) is 13.5. The summed E-state index contributed by atoms with van der Waals surface area (Å²) in [5.74, 6) is 0. The van der Waals surface area contributed by atoms with Gasteiger partial charge in [-0.25, -0.2) is 0 Å². The Bertz CT molecular complexity index is 598. The van der Waals surface area contributed by atoms with E-state index in [4.69, 9.17) is 0 Å². The van der Waals surface area contributed by atoms with E-state index >= 15 is 0 Å². The highest BCUT2D eigenvalue weighted by molar-refractivity contribution is 9.10. The van der Waals surface area contributed by atoms with Crippen molar-refractivity contribution in [3.8, 4) is 0 Å². The molecule has 2 rings (SSSR count). The van der Waals surface area contributed by atoms with E-state index in [-0.39, 0.29) is 0 Å². The molecule has 0 heterocycles. The first kappa shape index (κ1) is 16.5. The highest BCUT2D eigenvalue weighted by Gasteiger charge is 2.21. The summed E-state index contributed by atoms with van der Waals surface area (Å²) in [4.78, 5) is 0. The lowest BCUT2D eigenvalue weighted by Crippen LogP contribution is -2.26. The molecule has 2 heteroatoms. The fourth-order valence-corrected chi connectivity index (χ4v) is 3.29. The molecule has 1 unspecified atom stereocenters. The summed E-state index contributed by atoms with van der Waals surface area (Å²) >= 11 is 3.67. The number of fused-ring (bicyclic) bond motifs is 1. The maximum absolute atomic E-state index is 3.74. The first-order valence-corrected chi connectivity index (χ1v) is 8.62. The van der Waals surface area contributed by atoms with E-state index in [9.17, 15) is 0 Å². The van der Waals surface area contributed by atoms with Crippen LogP contribution in [0.3, 0.4) is 0 Å². The lowest BCUT2D eigenvalue weighted by molar-refractivity contribution is 0.312. The van der Waals surface area contributed by atoms with Crippen LogP contribution in [-0.2, 0) is 0 Å². The van der Waals surface area contributed by atoms with Gasteiger partial charge in [0.25, 0.3) is 0 Å². The minimum atomic E-state index is 0.305. The first-order valence-electron chi connectivity index (χ1n) is 7.83. The van der Waals surface area contributed by atoms with Crippen LogP contribution in [0.1, 0.15) is 52.1 Å². The van der Waals surface area contributed by atoms with Crippen molar-refractivity contribution in [2.24, 2.45) is 5.41 Å². The summed E-state index contributed by atoms with van der Waals surface area (Å²) in [5.41, 5.74) is 1.72. The molecule has 0 aliphatic carbocycles. The molecule has 1 atom stereocenters. The minimum absolute atomic E-state index is 0.305. The van der Waals surface area contributed by atoms with Gasteiger partial charge in [0.05, 0.1) is 0 Å². The van der Waals surface area contributed by atoms with Crippen molar-refractivity contribution in [1.29, 1.82) is 0 Å². The van der Waals surface area contributed by atoms with Crippen molar-refractivity contribution < 1.29 is 0 Å². The van der Waals surface area contributed by atoms with E-state index in [0.29, 0.717) is 11.5 Å². The Morgan fingerprint density at radius 1 is 1.05 bits per heavy atom. The number of benzene rings is 2. The molecule has 0 aromatic heterocycles. The van der Waals surface area contributed by atoms with Crippen LogP contribution in [0, 0.1) is 5.41 Å². The van der Waals surface area contributed by atoms with E-state index in [2.05, 4.69) is 85.3 Å². The molecule has 2 aromatic carbocycles. The summed E-state index contributed by atoms with van der Waals surface area (Å²) < 4.78 is 1.17. The van der Waals surface area contributed by atoms with Gasteiger partial charge in [-0.3, -0.25) is 0 Å². The lowest BCUT2D eigenvalue weighted by Gasteiger charge is -2.28. The van der Waals surface area contributed by atoms with Crippen molar-refractivity contribution in [2.75, 3.05) is 6.54 Å². The average Bonchev–Trinajstić information content (AvgIpc) is 2.43. The molecule has 1 nitrogen and oxygen atoms in total. The highest BCUT2D eigenvalue weighted by Crippen LogP contribution is 2.35. The van der Waals surface area contributed by atoms with E-state index in [1.807, 2.05) is 0 Å². The van der Waals surface area contributed by atoms with Crippen LogP contribution in [0.5, 0.6) is 0 Å². The molecular weight excluding hydrogens is 322 g/mol. The zero-order chi connectivity index (χ0) is 15.5. The van der Waals surface area contributed by atoms with Crippen molar-refractivity contribution in [2.45, 2.75) is 46.6 Å². The monoisotopic (exact) mass is 347 g/mol. The molecule has 0 aliphatic heterocycles. The van der Waals surface area contributed by atoms with Crippen LogP contribution in [0.15, 0.2) is 40.9 Å². The van der Waals surface area contributed by atoms with Crippen molar-refractivity contribution in [3.05, 3.63) is 46.4 Å². The van der Waals surface area contributed by atoms with Gasteiger partial charge in [-0.15, -0.1) is 0 Å². The van der Waals surface area contributed by atoms with Crippen molar-refractivity contribution >= 4 is 26.7 Å². The van der Waals surface area contributed by atoms with Crippen molar-refractivity contribution in [1.82, 2.24) is 5.32 Å².